The van der Waals surface area contributed by atoms with Gasteiger partial charge in [0.15, 0.2) is 6.10 Å². The van der Waals surface area contributed by atoms with Crippen LogP contribution >= 0.6 is 0 Å². The van der Waals surface area contributed by atoms with E-state index >= 15 is 0 Å². The Morgan fingerprint density at radius 3 is 1.26 bits per heavy atom. The Morgan fingerprint density at radius 2 is 0.860 bits per heavy atom. The molecule has 0 aliphatic heterocycles. The average Bonchev–Trinajstić information content (AvgIpc) is 3.12. The number of carbonyl (C=O) groups is 2. The molecule has 50 heavy (non-hydrogen) atoms. The normalized spacial score (nSPS) is 14.3. The van der Waals surface area contributed by atoms with Crippen molar-refractivity contribution in [2.45, 2.75) is 218 Å². The van der Waals surface area contributed by atoms with Gasteiger partial charge in [-0.1, -0.05) is 141 Å². The molecule has 0 saturated heterocycles. The summed E-state index contributed by atoms with van der Waals surface area (Å²) in [5, 5.41) is 40.5. The molecule has 0 unspecified atom stereocenters. The first-order valence-corrected chi connectivity index (χ1v) is 20.7. The molecule has 4 atom stereocenters. The Morgan fingerprint density at radius 1 is 0.500 bits per heavy atom. The molecule has 0 aliphatic carbocycles. The number of aliphatic hydroxyl groups excluding tert-OH is 4. The van der Waals surface area contributed by atoms with Crippen LogP contribution in [0.2, 0.25) is 0 Å². The van der Waals surface area contributed by atoms with Crippen molar-refractivity contribution in [1.29, 1.82) is 0 Å². The van der Waals surface area contributed by atoms with E-state index in [1.165, 1.54) is 83.5 Å². The summed E-state index contributed by atoms with van der Waals surface area (Å²) in [5.74, 6) is -1.10. The Balaban J connectivity index is 4.01. The minimum atomic E-state index is -1.72. The molecule has 0 amide bonds. The highest BCUT2D eigenvalue weighted by molar-refractivity contribution is 5.70. The van der Waals surface area contributed by atoms with E-state index in [4.69, 9.17) is 9.47 Å². The van der Waals surface area contributed by atoms with Gasteiger partial charge in [0.1, 0.15) is 24.9 Å². The molecule has 8 heteroatoms. The fourth-order valence-corrected chi connectivity index (χ4v) is 5.94. The van der Waals surface area contributed by atoms with Crippen molar-refractivity contribution in [3.05, 3.63) is 24.3 Å². The monoisotopic (exact) mass is 711 g/mol. The number of esters is 2. The summed E-state index contributed by atoms with van der Waals surface area (Å²) in [5.41, 5.74) is 0. The summed E-state index contributed by atoms with van der Waals surface area (Å²) in [7, 11) is 0. The highest BCUT2D eigenvalue weighted by Gasteiger charge is 2.35. The number of rotatable bonds is 37. The smallest absolute Gasteiger partial charge is 0.306 e. The van der Waals surface area contributed by atoms with Gasteiger partial charge in [-0.15, -0.1) is 0 Å². The van der Waals surface area contributed by atoms with Crippen molar-refractivity contribution in [3.8, 4) is 0 Å². The maximum atomic E-state index is 12.4. The molecule has 0 spiro atoms. The number of hydrogen-bond donors (Lipinski definition) is 4. The lowest BCUT2D eigenvalue weighted by molar-refractivity contribution is -0.180. The fourth-order valence-electron chi connectivity index (χ4n) is 5.94. The third-order valence-corrected chi connectivity index (χ3v) is 9.27. The van der Waals surface area contributed by atoms with Crippen LogP contribution in [0.25, 0.3) is 0 Å². The second-order valence-corrected chi connectivity index (χ2v) is 14.1. The van der Waals surface area contributed by atoms with E-state index < -0.39 is 49.6 Å². The van der Waals surface area contributed by atoms with E-state index in [1.807, 2.05) is 0 Å². The van der Waals surface area contributed by atoms with Gasteiger partial charge in [0.25, 0.3) is 0 Å². The standard InChI is InChI=1S/C42H78O8/c1-3-5-7-9-11-13-15-17-19-21-23-25-27-29-31-33-39(46)49-36-38(45)41(48)42(37(44)35-43)50-40(47)34-32-30-28-26-24-22-20-18-16-14-12-10-8-6-4-2/h17-20,37-38,41-45,48H,3-16,21-36H2,1-2H3/t37-,38+,41-,42-/m1/s1. The van der Waals surface area contributed by atoms with Crippen LogP contribution in [0.4, 0.5) is 0 Å². The molecule has 8 nitrogen and oxygen atoms in total. The van der Waals surface area contributed by atoms with E-state index in [2.05, 4.69) is 38.2 Å². The van der Waals surface area contributed by atoms with E-state index in [0.29, 0.717) is 12.8 Å². The Bertz CT molecular complexity index is 814. The summed E-state index contributed by atoms with van der Waals surface area (Å²) < 4.78 is 10.4. The number of aliphatic hydroxyl groups is 4. The van der Waals surface area contributed by atoms with Crippen molar-refractivity contribution >= 4 is 11.9 Å². The quantitative estimate of drug-likeness (QED) is 0.0285. The van der Waals surface area contributed by atoms with Gasteiger partial charge in [0.05, 0.1) is 6.61 Å². The molecule has 294 valence electrons. The molecular weight excluding hydrogens is 632 g/mol. The van der Waals surface area contributed by atoms with Crippen molar-refractivity contribution in [3.63, 3.8) is 0 Å². The zero-order chi connectivity index (χ0) is 36.9. The molecule has 0 aromatic heterocycles. The molecule has 0 rings (SSSR count). The number of ether oxygens (including phenoxy) is 2. The lowest BCUT2D eigenvalue weighted by Gasteiger charge is -2.29. The number of carbonyl (C=O) groups excluding carboxylic acids is 2. The number of hydrogen-bond acceptors (Lipinski definition) is 8. The van der Waals surface area contributed by atoms with Crippen molar-refractivity contribution in [2.24, 2.45) is 0 Å². The van der Waals surface area contributed by atoms with Crippen molar-refractivity contribution < 1.29 is 39.5 Å². The van der Waals surface area contributed by atoms with Gasteiger partial charge < -0.3 is 29.9 Å². The zero-order valence-corrected chi connectivity index (χ0v) is 32.3. The second-order valence-electron chi connectivity index (χ2n) is 14.1. The summed E-state index contributed by atoms with van der Waals surface area (Å²) in [6.07, 6.45) is 33.0. The van der Waals surface area contributed by atoms with E-state index in [0.717, 1.165) is 70.6 Å². The van der Waals surface area contributed by atoms with Crippen LogP contribution in [0.5, 0.6) is 0 Å². The summed E-state index contributed by atoms with van der Waals surface area (Å²) in [6.45, 7) is 3.23. The number of unbranched alkanes of at least 4 members (excludes halogenated alkanes) is 22. The predicted molar refractivity (Wildman–Crippen MR) is 205 cm³/mol. The van der Waals surface area contributed by atoms with Gasteiger partial charge in [0, 0.05) is 12.8 Å². The Hall–Kier alpha value is -1.74. The van der Waals surface area contributed by atoms with Crippen LogP contribution in [0.1, 0.15) is 194 Å². The van der Waals surface area contributed by atoms with Crippen LogP contribution < -0.4 is 0 Å². The molecule has 0 radical (unpaired) electrons. The van der Waals surface area contributed by atoms with Gasteiger partial charge >= 0.3 is 11.9 Å². The molecule has 4 N–H and O–H groups in total. The molecule has 0 saturated carbocycles. The zero-order valence-electron chi connectivity index (χ0n) is 32.3. The van der Waals surface area contributed by atoms with Gasteiger partial charge in [-0.25, -0.2) is 0 Å². The van der Waals surface area contributed by atoms with Crippen LogP contribution in [-0.2, 0) is 19.1 Å². The van der Waals surface area contributed by atoms with Gasteiger partial charge in [-0.2, -0.15) is 0 Å². The third-order valence-electron chi connectivity index (χ3n) is 9.27. The SMILES string of the molecule is CCCCCCCCC=CCCCCCCCC(=O)OC[C@H](O)[C@@H](O)[C@H](OC(=O)CCCCCCCC=CCCCCCCCC)[C@H](O)CO. The third kappa shape index (κ3) is 31.0. The summed E-state index contributed by atoms with van der Waals surface area (Å²) in [4.78, 5) is 24.6. The van der Waals surface area contributed by atoms with Gasteiger partial charge in [0.2, 0.25) is 0 Å². The first-order valence-electron chi connectivity index (χ1n) is 20.7. The minimum Gasteiger partial charge on any atom is -0.463 e. The maximum absolute atomic E-state index is 12.4. The first-order chi connectivity index (χ1) is 24.4. The van der Waals surface area contributed by atoms with Gasteiger partial charge in [-0.05, 0) is 64.2 Å². The van der Waals surface area contributed by atoms with Crippen LogP contribution in [0.15, 0.2) is 24.3 Å². The largest absolute Gasteiger partial charge is 0.463 e. The molecule has 0 fully saturated rings. The van der Waals surface area contributed by atoms with E-state index in [1.54, 1.807) is 0 Å². The topological polar surface area (TPSA) is 134 Å². The predicted octanol–water partition coefficient (Wildman–Crippen LogP) is 9.59. The molecule has 0 aliphatic rings. The first kappa shape index (κ1) is 48.3. The Kier molecular flexibility index (Phi) is 35.7. The average molecular weight is 711 g/mol. The summed E-state index contributed by atoms with van der Waals surface area (Å²) in [6, 6.07) is 0. The highest BCUT2D eigenvalue weighted by atomic mass is 16.6. The van der Waals surface area contributed by atoms with E-state index in [-0.39, 0.29) is 12.8 Å². The molecule has 0 aromatic rings. The summed E-state index contributed by atoms with van der Waals surface area (Å²) >= 11 is 0. The number of allylic oxidation sites excluding steroid dienone is 4. The van der Waals surface area contributed by atoms with E-state index in [9.17, 15) is 30.0 Å². The molecular formula is C42H78O8. The van der Waals surface area contributed by atoms with Crippen molar-refractivity contribution in [2.75, 3.05) is 13.2 Å². The fraction of sp³-hybridized carbons (Fsp3) is 0.857. The van der Waals surface area contributed by atoms with Crippen LogP contribution in [-0.4, -0.2) is 70.0 Å². The second kappa shape index (κ2) is 37.0. The minimum absolute atomic E-state index is 0.112. The lowest BCUT2D eigenvalue weighted by Crippen LogP contribution is -2.49. The Labute approximate surface area is 306 Å². The van der Waals surface area contributed by atoms with Crippen molar-refractivity contribution in [1.82, 2.24) is 0 Å². The van der Waals surface area contributed by atoms with Crippen LogP contribution in [0.3, 0.4) is 0 Å². The maximum Gasteiger partial charge on any atom is 0.306 e. The van der Waals surface area contributed by atoms with Crippen LogP contribution in [0, 0.1) is 0 Å². The molecule has 0 bridgehead atoms. The van der Waals surface area contributed by atoms with Gasteiger partial charge in [-0.3, -0.25) is 9.59 Å². The molecule has 0 heterocycles. The highest BCUT2D eigenvalue weighted by Crippen LogP contribution is 2.15. The lowest BCUT2D eigenvalue weighted by atomic mass is 10.0. The molecule has 0 aromatic carbocycles.